The minimum atomic E-state index is -0.563. The second kappa shape index (κ2) is 3.08. The molecule has 0 radical (unpaired) electrons. The summed E-state index contributed by atoms with van der Waals surface area (Å²) in [5.74, 6) is -0.563. The van der Waals surface area contributed by atoms with Crippen LogP contribution >= 0.6 is 0 Å². The number of nitrogens with zero attached hydrogens (tertiary/aromatic N) is 1. The Bertz CT molecular complexity index is 316. The summed E-state index contributed by atoms with van der Waals surface area (Å²) in [6.45, 7) is 1.74. The maximum atomic E-state index is 10.8. The van der Waals surface area contributed by atoms with Crippen molar-refractivity contribution in [3.63, 3.8) is 0 Å². The molecule has 0 aliphatic heterocycles. The lowest BCUT2D eigenvalue weighted by Gasteiger charge is -2.03. The van der Waals surface area contributed by atoms with Gasteiger partial charge in [0.2, 0.25) is 6.41 Å². The molecular formula is C7H9N3O2. The third kappa shape index (κ3) is 1.29. The van der Waals surface area contributed by atoms with E-state index in [1.807, 2.05) is 0 Å². The first kappa shape index (κ1) is 8.32. The number of aryl methyl sites for hydroxylation is 1. The highest BCUT2D eigenvalue weighted by molar-refractivity contribution is 5.93. The third-order valence-electron chi connectivity index (χ3n) is 1.51. The van der Waals surface area contributed by atoms with Crippen molar-refractivity contribution < 1.29 is 9.59 Å². The zero-order valence-electron chi connectivity index (χ0n) is 6.57. The number of rotatable bonds is 3. The van der Waals surface area contributed by atoms with Crippen LogP contribution in [0.3, 0.4) is 0 Å². The van der Waals surface area contributed by atoms with Gasteiger partial charge in [0.25, 0.3) is 5.91 Å². The molecule has 2 amide bonds. The van der Waals surface area contributed by atoms with Crippen LogP contribution in [0.4, 0.5) is 0 Å². The van der Waals surface area contributed by atoms with Gasteiger partial charge in [-0.1, -0.05) is 0 Å². The second-order valence-corrected chi connectivity index (χ2v) is 2.33. The van der Waals surface area contributed by atoms with Crippen LogP contribution in [0.15, 0.2) is 12.3 Å². The SMILES string of the molecule is Cc1ccn(NC=O)c1C(N)=O. The normalized spacial score (nSPS) is 9.42. The van der Waals surface area contributed by atoms with E-state index in [1.54, 1.807) is 19.2 Å². The van der Waals surface area contributed by atoms with Gasteiger partial charge in [0.05, 0.1) is 0 Å². The molecule has 0 saturated heterocycles. The molecule has 0 unspecified atom stereocenters. The van der Waals surface area contributed by atoms with E-state index in [-0.39, 0.29) is 0 Å². The number of carbonyl (C=O) groups is 2. The van der Waals surface area contributed by atoms with Crippen LogP contribution in [-0.4, -0.2) is 17.0 Å². The highest BCUT2D eigenvalue weighted by Crippen LogP contribution is 2.06. The lowest BCUT2D eigenvalue weighted by atomic mass is 10.3. The molecule has 12 heavy (non-hydrogen) atoms. The Morgan fingerprint density at radius 2 is 2.42 bits per heavy atom. The minimum absolute atomic E-state index is 0.294. The molecule has 1 rings (SSSR count). The molecule has 0 atom stereocenters. The van der Waals surface area contributed by atoms with Crippen LogP contribution in [-0.2, 0) is 4.79 Å². The van der Waals surface area contributed by atoms with Crippen molar-refractivity contribution in [3.8, 4) is 0 Å². The van der Waals surface area contributed by atoms with Gasteiger partial charge in [-0.15, -0.1) is 0 Å². The molecule has 5 heteroatoms. The van der Waals surface area contributed by atoms with Crippen molar-refractivity contribution in [2.75, 3.05) is 5.43 Å². The molecule has 1 aromatic heterocycles. The Hall–Kier alpha value is -1.78. The number of hydrogen-bond acceptors (Lipinski definition) is 2. The van der Waals surface area contributed by atoms with E-state index in [0.717, 1.165) is 5.56 Å². The molecule has 0 bridgehead atoms. The fraction of sp³-hybridized carbons (Fsp3) is 0.143. The van der Waals surface area contributed by atoms with Crippen LogP contribution in [0.25, 0.3) is 0 Å². The summed E-state index contributed by atoms with van der Waals surface area (Å²) in [7, 11) is 0. The molecule has 64 valence electrons. The number of carbonyl (C=O) groups excluding carboxylic acids is 2. The van der Waals surface area contributed by atoms with Gasteiger partial charge < -0.3 is 5.73 Å². The predicted molar refractivity (Wildman–Crippen MR) is 43.1 cm³/mol. The fourth-order valence-electron chi connectivity index (χ4n) is 1.01. The smallest absolute Gasteiger partial charge is 0.267 e. The molecule has 0 spiro atoms. The number of nitrogens with one attached hydrogen (secondary N) is 1. The molecule has 5 nitrogen and oxygen atoms in total. The maximum Gasteiger partial charge on any atom is 0.267 e. The van der Waals surface area contributed by atoms with Crippen molar-refractivity contribution in [2.45, 2.75) is 6.92 Å². The van der Waals surface area contributed by atoms with Crippen LogP contribution in [0.5, 0.6) is 0 Å². The molecular weight excluding hydrogens is 158 g/mol. The maximum absolute atomic E-state index is 10.8. The number of amides is 2. The summed E-state index contributed by atoms with van der Waals surface area (Å²) < 4.78 is 1.28. The molecule has 3 N–H and O–H groups in total. The zero-order chi connectivity index (χ0) is 9.14. The highest BCUT2D eigenvalue weighted by atomic mass is 16.2. The van der Waals surface area contributed by atoms with E-state index in [1.165, 1.54) is 4.68 Å². The summed E-state index contributed by atoms with van der Waals surface area (Å²) >= 11 is 0. The molecule has 0 fully saturated rings. The number of primary amides is 1. The molecule has 0 aliphatic rings. The van der Waals surface area contributed by atoms with Gasteiger partial charge in [-0.25, -0.2) is 0 Å². The summed E-state index contributed by atoms with van der Waals surface area (Å²) in [6.07, 6.45) is 2.04. The monoisotopic (exact) mass is 167 g/mol. The van der Waals surface area contributed by atoms with Crippen LogP contribution < -0.4 is 11.2 Å². The van der Waals surface area contributed by atoms with E-state index < -0.39 is 5.91 Å². The first-order valence-electron chi connectivity index (χ1n) is 3.34. The predicted octanol–water partition coefficient (Wildman–Crippen LogP) is -0.405. The lowest BCUT2D eigenvalue weighted by Crippen LogP contribution is -2.23. The third-order valence-corrected chi connectivity index (χ3v) is 1.51. The van der Waals surface area contributed by atoms with Gasteiger partial charge in [0.15, 0.2) is 0 Å². The van der Waals surface area contributed by atoms with Gasteiger partial charge in [0, 0.05) is 6.20 Å². The van der Waals surface area contributed by atoms with Crippen molar-refractivity contribution in [1.82, 2.24) is 4.68 Å². The first-order valence-corrected chi connectivity index (χ1v) is 3.34. The summed E-state index contributed by atoms with van der Waals surface area (Å²) in [5.41, 5.74) is 8.41. The Kier molecular flexibility index (Phi) is 2.14. The number of hydrogen-bond donors (Lipinski definition) is 2. The molecule has 1 heterocycles. The fourth-order valence-corrected chi connectivity index (χ4v) is 1.01. The van der Waals surface area contributed by atoms with E-state index >= 15 is 0 Å². The standard InChI is InChI=1S/C7H9N3O2/c1-5-2-3-10(9-4-11)6(5)7(8)12/h2-4H,1H3,(H2,8,12)(H,9,11). The van der Waals surface area contributed by atoms with Gasteiger partial charge in [-0.2, -0.15) is 0 Å². The molecule has 0 aliphatic carbocycles. The van der Waals surface area contributed by atoms with Gasteiger partial charge in [-0.3, -0.25) is 19.7 Å². The van der Waals surface area contributed by atoms with Crippen molar-refractivity contribution in [2.24, 2.45) is 5.73 Å². The quantitative estimate of drug-likeness (QED) is 0.600. The Balaban J connectivity index is 3.11. The average molecular weight is 167 g/mol. The van der Waals surface area contributed by atoms with Crippen LogP contribution in [0, 0.1) is 6.92 Å². The van der Waals surface area contributed by atoms with Crippen molar-refractivity contribution in [3.05, 3.63) is 23.5 Å². The van der Waals surface area contributed by atoms with Gasteiger partial charge in [-0.05, 0) is 18.6 Å². The first-order chi connectivity index (χ1) is 5.66. The molecule has 1 aromatic rings. The van der Waals surface area contributed by atoms with Crippen molar-refractivity contribution >= 4 is 12.3 Å². The van der Waals surface area contributed by atoms with Crippen LogP contribution in [0.2, 0.25) is 0 Å². The zero-order valence-corrected chi connectivity index (χ0v) is 6.57. The Morgan fingerprint density at radius 1 is 1.75 bits per heavy atom. The van der Waals surface area contributed by atoms with E-state index in [0.29, 0.717) is 12.1 Å². The van der Waals surface area contributed by atoms with E-state index in [2.05, 4.69) is 5.43 Å². The summed E-state index contributed by atoms with van der Waals surface area (Å²) in [6, 6.07) is 1.69. The summed E-state index contributed by atoms with van der Waals surface area (Å²) in [5, 5.41) is 0. The average Bonchev–Trinajstić information content (AvgIpc) is 2.32. The second-order valence-electron chi connectivity index (χ2n) is 2.33. The number of nitrogens with two attached hydrogens (primary N) is 1. The van der Waals surface area contributed by atoms with Crippen molar-refractivity contribution in [1.29, 1.82) is 0 Å². The molecule has 0 saturated carbocycles. The van der Waals surface area contributed by atoms with E-state index in [4.69, 9.17) is 5.73 Å². The van der Waals surface area contributed by atoms with Gasteiger partial charge in [0.1, 0.15) is 5.69 Å². The largest absolute Gasteiger partial charge is 0.364 e. The number of aromatic nitrogens is 1. The topological polar surface area (TPSA) is 77.1 Å². The Labute approximate surface area is 69.1 Å². The lowest BCUT2D eigenvalue weighted by molar-refractivity contribution is -0.106. The molecule has 0 aromatic carbocycles. The summed E-state index contributed by atoms with van der Waals surface area (Å²) in [4.78, 5) is 20.9. The van der Waals surface area contributed by atoms with Crippen LogP contribution in [0.1, 0.15) is 16.1 Å². The van der Waals surface area contributed by atoms with E-state index in [9.17, 15) is 9.59 Å². The minimum Gasteiger partial charge on any atom is -0.364 e. The van der Waals surface area contributed by atoms with Gasteiger partial charge >= 0.3 is 0 Å². The Morgan fingerprint density at radius 3 is 2.92 bits per heavy atom. The highest BCUT2D eigenvalue weighted by Gasteiger charge is 2.10.